The molecule has 0 heterocycles. The Kier molecular flexibility index (Phi) is 46.4. The first-order valence-electron chi connectivity index (χ1n) is 5.03. The van der Waals surface area contributed by atoms with E-state index in [1.165, 1.54) is 18.4 Å². The summed E-state index contributed by atoms with van der Waals surface area (Å²) in [6.07, 6.45) is 2.48. The van der Waals surface area contributed by atoms with Crippen molar-refractivity contribution >= 4 is 0 Å². The van der Waals surface area contributed by atoms with Crippen LogP contribution in [0.3, 0.4) is 0 Å². The molecule has 18 heavy (non-hydrogen) atoms. The van der Waals surface area contributed by atoms with Crippen LogP contribution in [0.1, 0.15) is 18.9 Å². The summed E-state index contributed by atoms with van der Waals surface area (Å²) < 4.78 is 9.31. The summed E-state index contributed by atoms with van der Waals surface area (Å²) in [6.45, 7) is 3.58. The van der Waals surface area contributed by atoms with Gasteiger partial charge in [-0.25, -0.2) is 12.1 Å². The van der Waals surface area contributed by atoms with Gasteiger partial charge in [0.2, 0.25) is 0 Å². The zero-order valence-corrected chi connectivity index (χ0v) is 15.8. The smallest absolute Gasteiger partial charge is 1.00 e. The second-order valence-electron chi connectivity index (χ2n) is 3.03. The monoisotopic (exact) mass is 392 g/mol. The second kappa shape index (κ2) is 26.6. The van der Waals surface area contributed by atoms with Crippen LogP contribution in [0.2, 0.25) is 0 Å². The fourth-order valence-electron chi connectivity index (χ4n) is 1.04. The van der Waals surface area contributed by atoms with Gasteiger partial charge in [0.15, 0.2) is 0 Å². The molecule has 0 aromatic heterocycles. The molecule has 0 N–H and O–H groups in total. The molecule has 1 aromatic rings. The van der Waals surface area contributed by atoms with Gasteiger partial charge < -0.3 is 46.7 Å². The molecule has 0 bridgehead atoms. The molecule has 0 saturated heterocycles. The van der Waals surface area contributed by atoms with Gasteiger partial charge in [-0.05, 0) is 0 Å². The number of ether oxygens (including phenoxy) is 2. The number of methoxy groups -OCH3 is 2. The average Bonchev–Trinajstić information content (AvgIpc) is 2.69. The Bertz CT molecular complexity index is 193. The molecule has 0 aliphatic carbocycles. The number of rotatable bonds is 5. The molecular weight excluding hydrogens is 374 g/mol. The normalized spacial score (nSPS) is 7.28. The molecule has 0 aliphatic rings. The maximum atomic E-state index is 4.66. The van der Waals surface area contributed by atoms with Gasteiger partial charge in [-0.3, -0.25) is 0 Å². The van der Waals surface area contributed by atoms with Crippen LogP contribution in [0.25, 0.3) is 0 Å². The minimum atomic E-state index is 0. The van der Waals surface area contributed by atoms with Crippen molar-refractivity contribution in [3.05, 3.63) is 29.8 Å². The van der Waals surface area contributed by atoms with Crippen LogP contribution in [0.15, 0.2) is 24.3 Å². The molecule has 2 nitrogen and oxygen atoms in total. The molecule has 0 atom stereocenters. The van der Waals surface area contributed by atoms with Crippen molar-refractivity contribution in [3.63, 3.8) is 0 Å². The van der Waals surface area contributed by atoms with Gasteiger partial charge in [0.05, 0.1) is 13.2 Å². The van der Waals surface area contributed by atoms with Crippen molar-refractivity contribution in [2.24, 2.45) is 0 Å². The molecular formula is C12H21Cl3O2Zr. The molecule has 1 rings (SSSR count). The molecule has 0 spiro atoms. The van der Waals surface area contributed by atoms with Crippen LogP contribution in [0.4, 0.5) is 0 Å². The molecule has 0 fully saturated rings. The van der Waals surface area contributed by atoms with Crippen molar-refractivity contribution in [1.29, 1.82) is 0 Å². The van der Waals surface area contributed by atoms with E-state index in [9.17, 15) is 0 Å². The van der Waals surface area contributed by atoms with Crippen LogP contribution in [-0.2, 0) is 42.1 Å². The fraction of sp³-hybridized carbons (Fsp3) is 0.583. The van der Waals surface area contributed by atoms with Crippen LogP contribution in [0, 0.1) is 0 Å². The maximum Gasteiger partial charge on any atom is 4.00 e. The second-order valence-corrected chi connectivity index (χ2v) is 3.03. The SMILES string of the molecule is CCC[c-]1cccc1.COCCOC.[Cl-].[Cl-].[Cl-].[Zr+4]. The van der Waals surface area contributed by atoms with Crippen LogP contribution in [-0.4, -0.2) is 27.4 Å². The molecule has 0 unspecified atom stereocenters. The van der Waals surface area contributed by atoms with Crippen molar-refractivity contribution in [3.8, 4) is 0 Å². The largest absolute Gasteiger partial charge is 4.00 e. The third-order valence-corrected chi connectivity index (χ3v) is 1.76. The predicted octanol–water partition coefficient (Wildman–Crippen LogP) is -6.35. The first kappa shape index (κ1) is 31.4. The van der Waals surface area contributed by atoms with E-state index in [1.54, 1.807) is 14.2 Å². The fourth-order valence-corrected chi connectivity index (χ4v) is 1.04. The summed E-state index contributed by atoms with van der Waals surface area (Å²) >= 11 is 0. The predicted molar refractivity (Wildman–Crippen MR) is 59.8 cm³/mol. The molecule has 0 radical (unpaired) electrons. The first-order valence-corrected chi connectivity index (χ1v) is 5.03. The first-order chi connectivity index (χ1) is 6.85. The van der Waals surface area contributed by atoms with E-state index in [0.29, 0.717) is 13.2 Å². The Morgan fingerprint density at radius 3 is 1.56 bits per heavy atom. The Hall–Kier alpha value is 1.02. The quantitative estimate of drug-likeness (QED) is 0.365. The summed E-state index contributed by atoms with van der Waals surface area (Å²) in [7, 11) is 3.30. The van der Waals surface area contributed by atoms with E-state index in [4.69, 9.17) is 0 Å². The van der Waals surface area contributed by atoms with E-state index in [2.05, 4.69) is 40.7 Å². The van der Waals surface area contributed by atoms with Gasteiger partial charge in [-0.15, -0.1) is 0 Å². The molecule has 6 heteroatoms. The van der Waals surface area contributed by atoms with Crippen molar-refractivity contribution in [2.75, 3.05) is 27.4 Å². The van der Waals surface area contributed by atoms with E-state index >= 15 is 0 Å². The zero-order chi connectivity index (χ0) is 10.6. The van der Waals surface area contributed by atoms with E-state index in [-0.39, 0.29) is 63.4 Å². The van der Waals surface area contributed by atoms with E-state index in [1.807, 2.05) is 0 Å². The van der Waals surface area contributed by atoms with Gasteiger partial charge in [-0.1, -0.05) is 19.8 Å². The van der Waals surface area contributed by atoms with Gasteiger partial charge in [0.1, 0.15) is 0 Å². The molecule has 0 amide bonds. The standard InChI is InChI=1S/C8H11.C4H10O2.3ClH.Zr/c1-2-5-8-6-3-4-7-8;1-5-3-4-6-2;;;;/h3-4,6-7H,2,5H2,1H3;3-4H2,1-2H3;3*1H;/q-1;;;;;+4/p-3. The van der Waals surface area contributed by atoms with E-state index < -0.39 is 0 Å². The number of halogens is 3. The molecule has 0 saturated carbocycles. The molecule has 106 valence electrons. The molecule has 0 aliphatic heterocycles. The summed E-state index contributed by atoms with van der Waals surface area (Å²) in [4.78, 5) is 0. The van der Waals surface area contributed by atoms with Crippen molar-refractivity contribution < 1.29 is 72.9 Å². The number of hydrogen-bond donors (Lipinski definition) is 0. The zero-order valence-electron chi connectivity index (χ0n) is 11.1. The summed E-state index contributed by atoms with van der Waals surface area (Å²) in [5.74, 6) is 0. The summed E-state index contributed by atoms with van der Waals surface area (Å²) in [5, 5.41) is 0. The van der Waals surface area contributed by atoms with Gasteiger partial charge in [0.25, 0.3) is 0 Å². The van der Waals surface area contributed by atoms with Crippen LogP contribution >= 0.6 is 0 Å². The Labute approximate surface area is 149 Å². The van der Waals surface area contributed by atoms with Crippen molar-refractivity contribution in [2.45, 2.75) is 19.8 Å². The Morgan fingerprint density at radius 1 is 0.889 bits per heavy atom. The summed E-state index contributed by atoms with van der Waals surface area (Å²) in [6, 6.07) is 8.52. The van der Waals surface area contributed by atoms with Crippen LogP contribution < -0.4 is 37.2 Å². The Morgan fingerprint density at radius 2 is 1.28 bits per heavy atom. The van der Waals surface area contributed by atoms with Crippen molar-refractivity contribution in [1.82, 2.24) is 0 Å². The van der Waals surface area contributed by atoms with Gasteiger partial charge >= 0.3 is 26.2 Å². The van der Waals surface area contributed by atoms with Gasteiger partial charge in [-0.2, -0.15) is 17.7 Å². The van der Waals surface area contributed by atoms with Crippen LogP contribution in [0.5, 0.6) is 0 Å². The topological polar surface area (TPSA) is 18.5 Å². The minimum Gasteiger partial charge on any atom is -1.00 e. The van der Waals surface area contributed by atoms with E-state index in [0.717, 1.165) is 0 Å². The number of aryl methyl sites for hydroxylation is 1. The summed E-state index contributed by atoms with van der Waals surface area (Å²) in [5.41, 5.74) is 1.47. The third kappa shape index (κ3) is 22.2. The third-order valence-electron chi connectivity index (χ3n) is 1.76. The Balaban J connectivity index is -0.0000000527. The number of hydrogen-bond acceptors (Lipinski definition) is 2. The average molecular weight is 395 g/mol. The maximum absolute atomic E-state index is 4.66. The van der Waals surface area contributed by atoms with Gasteiger partial charge in [0, 0.05) is 14.2 Å². The molecule has 1 aromatic carbocycles. The minimum absolute atomic E-state index is 0.